The SMILES string of the molecule is CC(C)(O)C1CCN(c2cc(-c3ccnc4cc(-c5ccc(S(C)(=O)=O)cc5)oc34)ccn2)CC1. The number of aliphatic hydroxyl groups is 1. The summed E-state index contributed by atoms with van der Waals surface area (Å²) in [6, 6.07) is 14.5. The van der Waals surface area contributed by atoms with Gasteiger partial charge in [0.15, 0.2) is 15.4 Å². The number of fused-ring (bicyclic) bond motifs is 1. The van der Waals surface area contributed by atoms with Crippen molar-refractivity contribution in [1.82, 2.24) is 9.97 Å². The first-order valence-corrected chi connectivity index (χ1v) is 13.6. The van der Waals surface area contributed by atoms with Gasteiger partial charge in [-0.3, -0.25) is 4.98 Å². The van der Waals surface area contributed by atoms with E-state index in [0.29, 0.717) is 11.3 Å². The van der Waals surface area contributed by atoms with E-state index in [1.807, 2.05) is 38.2 Å². The summed E-state index contributed by atoms with van der Waals surface area (Å²) in [4.78, 5) is 11.6. The zero-order chi connectivity index (χ0) is 24.8. The van der Waals surface area contributed by atoms with E-state index in [4.69, 9.17) is 4.42 Å². The zero-order valence-electron chi connectivity index (χ0n) is 20.1. The van der Waals surface area contributed by atoms with Gasteiger partial charge in [0.05, 0.1) is 10.5 Å². The van der Waals surface area contributed by atoms with E-state index < -0.39 is 15.4 Å². The summed E-state index contributed by atoms with van der Waals surface area (Å²) in [6.07, 6.45) is 6.62. The lowest BCUT2D eigenvalue weighted by atomic mass is 9.83. The van der Waals surface area contributed by atoms with Crippen molar-refractivity contribution in [3.05, 3.63) is 60.9 Å². The quantitative estimate of drug-likeness (QED) is 0.422. The Labute approximate surface area is 205 Å². The molecule has 4 heterocycles. The summed E-state index contributed by atoms with van der Waals surface area (Å²) < 4.78 is 29.8. The van der Waals surface area contributed by atoms with Gasteiger partial charge in [0.1, 0.15) is 17.1 Å². The summed E-state index contributed by atoms with van der Waals surface area (Å²) in [5, 5.41) is 10.3. The van der Waals surface area contributed by atoms with Gasteiger partial charge < -0.3 is 14.4 Å². The van der Waals surface area contributed by atoms with E-state index in [9.17, 15) is 13.5 Å². The van der Waals surface area contributed by atoms with E-state index in [0.717, 1.165) is 54.0 Å². The smallest absolute Gasteiger partial charge is 0.175 e. The average Bonchev–Trinajstić information content (AvgIpc) is 3.28. The molecule has 1 fully saturated rings. The number of rotatable bonds is 5. The first-order valence-electron chi connectivity index (χ1n) is 11.7. The van der Waals surface area contributed by atoms with E-state index in [1.165, 1.54) is 6.26 Å². The third-order valence-corrected chi connectivity index (χ3v) is 7.98. The fourth-order valence-electron chi connectivity index (χ4n) is 4.75. The largest absolute Gasteiger partial charge is 0.454 e. The Kier molecular flexibility index (Phi) is 5.89. The van der Waals surface area contributed by atoms with Crippen LogP contribution in [0, 0.1) is 5.92 Å². The fourth-order valence-corrected chi connectivity index (χ4v) is 5.38. The van der Waals surface area contributed by atoms with Crippen LogP contribution in [0.15, 0.2) is 70.2 Å². The van der Waals surface area contributed by atoms with Gasteiger partial charge in [-0.1, -0.05) is 0 Å². The maximum absolute atomic E-state index is 11.8. The number of piperidine rings is 1. The highest BCUT2D eigenvalue weighted by Crippen LogP contribution is 2.35. The van der Waals surface area contributed by atoms with Crippen LogP contribution < -0.4 is 4.90 Å². The number of benzene rings is 1. The first-order chi connectivity index (χ1) is 16.6. The van der Waals surface area contributed by atoms with Gasteiger partial charge in [-0.25, -0.2) is 13.4 Å². The summed E-state index contributed by atoms with van der Waals surface area (Å²) in [5.74, 6) is 1.82. The van der Waals surface area contributed by atoms with Crippen LogP contribution in [0.1, 0.15) is 26.7 Å². The number of sulfone groups is 1. The van der Waals surface area contributed by atoms with Gasteiger partial charge in [-0.15, -0.1) is 0 Å². The number of hydrogen-bond acceptors (Lipinski definition) is 7. The van der Waals surface area contributed by atoms with Gasteiger partial charge in [0.25, 0.3) is 0 Å². The molecule has 0 bridgehead atoms. The fraction of sp³-hybridized carbons (Fsp3) is 0.333. The molecule has 35 heavy (non-hydrogen) atoms. The first kappa shape index (κ1) is 23.5. The molecule has 4 aromatic rings. The molecule has 1 aliphatic rings. The molecule has 1 saturated heterocycles. The molecular weight excluding hydrogens is 462 g/mol. The zero-order valence-corrected chi connectivity index (χ0v) is 20.9. The third-order valence-electron chi connectivity index (χ3n) is 6.85. The maximum Gasteiger partial charge on any atom is 0.175 e. The molecule has 3 aromatic heterocycles. The van der Waals surface area contributed by atoms with Crippen LogP contribution in [0.25, 0.3) is 33.6 Å². The van der Waals surface area contributed by atoms with Crippen molar-refractivity contribution in [2.24, 2.45) is 5.92 Å². The van der Waals surface area contributed by atoms with Crippen LogP contribution in [0.5, 0.6) is 0 Å². The van der Waals surface area contributed by atoms with Crippen LogP contribution in [0.3, 0.4) is 0 Å². The minimum Gasteiger partial charge on any atom is -0.454 e. The van der Waals surface area contributed by atoms with Crippen molar-refractivity contribution >= 4 is 26.8 Å². The van der Waals surface area contributed by atoms with Crippen LogP contribution in [-0.4, -0.2) is 48.4 Å². The van der Waals surface area contributed by atoms with Gasteiger partial charge in [-0.05, 0) is 80.6 Å². The van der Waals surface area contributed by atoms with Crippen molar-refractivity contribution < 1.29 is 17.9 Å². The van der Waals surface area contributed by atoms with Crippen molar-refractivity contribution in [2.45, 2.75) is 37.2 Å². The van der Waals surface area contributed by atoms with Crippen LogP contribution in [-0.2, 0) is 9.84 Å². The summed E-state index contributed by atoms with van der Waals surface area (Å²) >= 11 is 0. The molecule has 0 aliphatic carbocycles. The molecule has 182 valence electrons. The minimum atomic E-state index is -3.26. The van der Waals surface area contributed by atoms with E-state index in [1.54, 1.807) is 30.5 Å². The second kappa shape index (κ2) is 8.77. The third kappa shape index (κ3) is 4.81. The minimum absolute atomic E-state index is 0.270. The second-order valence-corrected chi connectivity index (χ2v) is 11.8. The normalized spacial score (nSPS) is 15.6. The van der Waals surface area contributed by atoms with Crippen LogP contribution in [0.2, 0.25) is 0 Å². The molecule has 0 saturated carbocycles. The highest BCUT2D eigenvalue weighted by molar-refractivity contribution is 7.90. The second-order valence-electron chi connectivity index (χ2n) is 9.80. The Bertz CT molecular complexity index is 1460. The number of nitrogens with zero attached hydrogens (tertiary/aromatic N) is 3. The lowest BCUT2D eigenvalue weighted by molar-refractivity contribution is 0.00646. The van der Waals surface area contributed by atoms with Crippen LogP contribution >= 0.6 is 0 Å². The highest BCUT2D eigenvalue weighted by Gasteiger charge is 2.31. The van der Waals surface area contributed by atoms with Gasteiger partial charge in [0.2, 0.25) is 0 Å². The highest BCUT2D eigenvalue weighted by atomic mass is 32.2. The molecule has 0 radical (unpaired) electrons. The van der Waals surface area contributed by atoms with Gasteiger partial charge in [-0.2, -0.15) is 0 Å². The topological polar surface area (TPSA) is 96.5 Å². The number of furan rings is 1. The predicted molar refractivity (Wildman–Crippen MR) is 137 cm³/mol. The Morgan fingerprint density at radius 3 is 2.31 bits per heavy atom. The van der Waals surface area contributed by atoms with Crippen molar-refractivity contribution in [2.75, 3.05) is 24.2 Å². The Morgan fingerprint density at radius 1 is 0.971 bits per heavy atom. The number of hydrogen-bond donors (Lipinski definition) is 1. The molecule has 5 rings (SSSR count). The predicted octanol–water partition coefficient (Wildman–Crippen LogP) is 4.95. The average molecular weight is 492 g/mol. The molecule has 1 N–H and O–H groups in total. The number of anilines is 1. The molecule has 8 heteroatoms. The molecule has 1 aliphatic heterocycles. The molecule has 1 aromatic carbocycles. The Hall–Kier alpha value is -3.23. The van der Waals surface area contributed by atoms with E-state index in [-0.39, 0.29) is 10.8 Å². The Balaban J connectivity index is 1.45. The lowest BCUT2D eigenvalue weighted by Gasteiger charge is -2.38. The van der Waals surface area contributed by atoms with E-state index in [2.05, 4.69) is 20.9 Å². The summed E-state index contributed by atoms with van der Waals surface area (Å²) in [7, 11) is -3.26. The standard InChI is InChI=1S/C27H29N3O4S/c1-27(2,31)20-10-14-30(15-11-20)25-16-19(8-12-29-25)22-9-13-28-23-17-24(34-26(22)23)18-4-6-21(7-5-18)35(3,32)33/h4-9,12-13,16-17,20,31H,10-11,14-15H2,1-3H3. The monoisotopic (exact) mass is 491 g/mol. The molecule has 0 unspecified atom stereocenters. The maximum atomic E-state index is 11.8. The lowest BCUT2D eigenvalue weighted by Crippen LogP contribution is -2.42. The molecule has 7 nitrogen and oxygen atoms in total. The summed E-state index contributed by atoms with van der Waals surface area (Å²) in [6.45, 7) is 5.48. The van der Waals surface area contributed by atoms with Gasteiger partial charge in [0, 0.05) is 48.9 Å². The van der Waals surface area contributed by atoms with Crippen molar-refractivity contribution in [1.29, 1.82) is 0 Å². The van der Waals surface area contributed by atoms with Crippen molar-refractivity contribution in [3.8, 4) is 22.5 Å². The van der Waals surface area contributed by atoms with Crippen molar-refractivity contribution in [3.63, 3.8) is 0 Å². The number of pyridine rings is 2. The van der Waals surface area contributed by atoms with Gasteiger partial charge >= 0.3 is 0 Å². The molecule has 0 spiro atoms. The Morgan fingerprint density at radius 2 is 1.66 bits per heavy atom. The van der Waals surface area contributed by atoms with E-state index >= 15 is 0 Å². The molecular formula is C27H29N3O4S. The number of aromatic nitrogens is 2. The molecule has 0 amide bonds. The molecule has 0 atom stereocenters. The van der Waals surface area contributed by atoms with Crippen LogP contribution in [0.4, 0.5) is 5.82 Å². The summed E-state index contributed by atoms with van der Waals surface area (Å²) in [5.41, 5.74) is 3.43.